The van der Waals surface area contributed by atoms with E-state index in [-0.39, 0.29) is 22.9 Å². The number of para-hydroxylation sites is 2. The van der Waals surface area contributed by atoms with Gasteiger partial charge in [0.1, 0.15) is 11.6 Å². The van der Waals surface area contributed by atoms with Crippen molar-refractivity contribution >= 4 is 27.3 Å². The number of hydrogen-bond acceptors (Lipinski definition) is 5. The maximum absolute atomic E-state index is 13.1. The summed E-state index contributed by atoms with van der Waals surface area (Å²) in [6.07, 6.45) is 0. The van der Waals surface area contributed by atoms with Gasteiger partial charge in [-0.05, 0) is 60.7 Å². The fourth-order valence-corrected chi connectivity index (χ4v) is 3.54. The number of sulfonamides is 1. The Labute approximate surface area is 172 Å². The van der Waals surface area contributed by atoms with Gasteiger partial charge in [0.15, 0.2) is 6.61 Å². The number of halogens is 1. The largest absolute Gasteiger partial charge is 0.484 e. The fraction of sp³-hybridized carbons (Fsp3) is 0.0476. The standard InChI is InChI=1S/C21H16FN3O4S/c22-16-7-11-18(12-8-16)30(27,28)25-20-4-2-1-3-19(20)24-21(26)14-29-17-9-5-15(13-23)6-10-17/h1-12,25H,14H2,(H,24,26). The van der Waals surface area contributed by atoms with E-state index in [1.807, 2.05) is 6.07 Å². The molecule has 0 heterocycles. The van der Waals surface area contributed by atoms with Gasteiger partial charge in [-0.25, -0.2) is 12.8 Å². The van der Waals surface area contributed by atoms with Gasteiger partial charge < -0.3 is 10.1 Å². The lowest BCUT2D eigenvalue weighted by molar-refractivity contribution is -0.118. The van der Waals surface area contributed by atoms with Gasteiger partial charge >= 0.3 is 0 Å². The van der Waals surface area contributed by atoms with E-state index in [4.69, 9.17) is 10.00 Å². The van der Waals surface area contributed by atoms with Crippen molar-refractivity contribution in [3.8, 4) is 11.8 Å². The quantitative estimate of drug-likeness (QED) is 0.602. The minimum Gasteiger partial charge on any atom is -0.484 e. The lowest BCUT2D eigenvalue weighted by Gasteiger charge is -2.14. The Morgan fingerprint density at radius 2 is 1.60 bits per heavy atom. The number of carbonyl (C=O) groups is 1. The first-order chi connectivity index (χ1) is 14.4. The van der Waals surface area contributed by atoms with Crippen molar-refractivity contribution in [3.05, 3.63) is 84.2 Å². The third kappa shape index (κ3) is 5.33. The van der Waals surface area contributed by atoms with Crippen LogP contribution in [0.15, 0.2) is 77.7 Å². The summed E-state index contributed by atoms with van der Waals surface area (Å²) in [6, 6.07) is 18.9. The van der Waals surface area contributed by atoms with Crippen molar-refractivity contribution < 1.29 is 22.3 Å². The zero-order valence-corrected chi connectivity index (χ0v) is 16.3. The Balaban J connectivity index is 1.67. The molecular formula is C21H16FN3O4S. The lowest BCUT2D eigenvalue weighted by Crippen LogP contribution is -2.22. The molecule has 3 aromatic carbocycles. The number of nitrogens with one attached hydrogen (secondary N) is 2. The van der Waals surface area contributed by atoms with Crippen LogP contribution in [-0.2, 0) is 14.8 Å². The van der Waals surface area contributed by atoms with E-state index in [1.165, 1.54) is 12.1 Å². The summed E-state index contributed by atoms with van der Waals surface area (Å²) in [5.74, 6) is -0.647. The van der Waals surface area contributed by atoms with Crippen LogP contribution in [0.4, 0.5) is 15.8 Å². The number of rotatable bonds is 7. The van der Waals surface area contributed by atoms with Crippen LogP contribution in [0.1, 0.15) is 5.56 Å². The van der Waals surface area contributed by atoms with Crippen molar-refractivity contribution in [2.75, 3.05) is 16.6 Å². The van der Waals surface area contributed by atoms with E-state index in [0.29, 0.717) is 11.3 Å². The van der Waals surface area contributed by atoms with E-state index in [2.05, 4.69) is 10.0 Å². The molecule has 0 saturated heterocycles. The number of hydrogen-bond donors (Lipinski definition) is 2. The molecule has 0 unspecified atom stereocenters. The minimum absolute atomic E-state index is 0.117. The first kappa shape index (κ1) is 20.8. The average molecular weight is 425 g/mol. The molecule has 0 aliphatic carbocycles. The predicted molar refractivity (Wildman–Crippen MR) is 109 cm³/mol. The van der Waals surface area contributed by atoms with Crippen LogP contribution < -0.4 is 14.8 Å². The number of nitriles is 1. The fourth-order valence-electron chi connectivity index (χ4n) is 2.46. The lowest BCUT2D eigenvalue weighted by atomic mass is 10.2. The Bertz CT molecular complexity index is 1190. The van der Waals surface area contributed by atoms with Gasteiger partial charge in [0, 0.05) is 0 Å². The zero-order chi connectivity index (χ0) is 21.6. The van der Waals surface area contributed by atoms with Crippen LogP contribution in [0.2, 0.25) is 0 Å². The highest BCUT2D eigenvalue weighted by Gasteiger charge is 2.17. The van der Waals surface area contributed by atoms with Crippen molar-refractivity contribution in [3.63, 3.8) is 0 Å². The van der Waals surface area contributed by atoms with Crippen LogP contribution in [0, 0.1) is 17.1 Å². The molecule has 0 aliphatic rings. The first-order valence-corrected chi connectivity index (χ1v) is 10.2. The zero-order valence-electron chi connectivity index (χ0n) is 15.5. The summed E-state index contributed by atoms with van der Waals surface area (Å²) in [5, 5.41) is 11.4. The second-order valence-electron chi connectivity index (χ2n) is 6.08. The summed E-state index contributed by atoms with van der Waals surface area (Å²) < 4.78 is 45.8. The number of anilines is 2. The summed E-state index contributed by atoms with van der Waals surface area (Å²) in [6.45, 7) is -0.315. The molecule has 30 heavy (non-hydrogen) atoms. The topological polar surface area (TPSA) is 108 Å². The van der Waals surface area contributed by atoms with Crippen LogP contribution in [-0.4, -0.2) is 20.9 Å². The minimum atomic E-state index is -3.98. The Morgan fingerprint density at radius 3 is 2.23 bits per heavy atom. The summed E-state index contributed by atoms with van der Waals surface area (Å²) in [7, 11) is -3.98. The number of nitrogens with zero attached hydrogens (tertiary/aromatic N) is 1. The third-order valence-electron chi connectivity index (χ3n) is 3.92. The van der Waals surface area contributed by atoms with E-state index < -0.39 is 21.7 Å². The van der Waals surface area contributed by atoms with Gasteiger partial charge in [-0.2, -0.15) is 5.26 Å². The van der Waals surface area contributed by atoms with Gasteiger partial charge in [-0.15, -0.1) is 0 Å². The molecule has 9 heteroatoms. The molecule has 0 aromatic heterocycles. The first-order valence-electron chi connectivity index (χ1n) is 8.67. The molecule has 152 valence electrons. The maximum Gasteiger partial charge on any atom is 0.262 e. The van der Waals surface area contributed by atoms with E-state index in [0.717, 1.165) is 24.3 Å². The maximum atomic E-state index is 13.1. The molecule has 0 radical (unpaired) electrons. The van der Waals surface area contributed by atoms with Gasteiger partial charge in [0.05, 0.1) is 27.9 Å². The molecule has 0 saturated carbocycles. The molecule has 3 rings (SSSR count). The molecule has 0 aliphatic heterocycles. The van der Waals surface area contributed by atoms with Gasteiger partial charge in [0.2, 0.25) is 0 Å². The molecule has 1 amide bonds. The van der Waals surface area contributed by atoms with E-state index in [9.17, 15) is 17.6 Å². The normalized spacial score (nSPS) is 10.7. The molecule has 3 aromatic rings. The van der Waals surface area contributed by atoms with Gasteiger partial charge in [0.25, 0.3) is 15.9 Å². The molecular weight excluding hydrogens is 409 g/mol. The Hall–Kier alpha value is -3.90. The van der Waals surface area contributed by atoms with Gasteiger partial charge in [-0.1, -0.05) is 12.1 Å². The third-order valence-corrected chi connectivity index (χ3v) is 5.30. The second-order valence-corrected chi connectivity index (χ2v) is 7.76. The number of amides is 1. The van der Waals surface area contributed by atoms with Crippen molar-refractivity contribution in [1.82, 2.24) is 0 Å². The molecule has 0 bridgehead atoms. The molecule has 0 atom stereocenters. The number of carbonyl (C=O) groups excluding carboxylic acids is 1. The highest BCUT2D eigenvalue weighted by Crippen LogP contribution is 2.24. The summed E-state index contributed by atoms with van der Waals surface area (Å²) >= 11 is 0. The van der Waals surface area contributed by atoms with Crippen LogP contribution in [0.25, 0.3) is 0 Å². The summed E-state index contributed by atoms with van der Waals surface area (Å²) in [4.78, 5) is 12.1. The predicted octanol–water partition coefficient (Wildman–Crippen LogP) is 3.52. The molecule has 7 nitrogen and oxygen atoms in total. The SMILES string of the molecule is N#Cc1ccc(OCC(=O)Nc2ccccc2NS(=O)(=O)c2ccc(F)cc2)cc1. The Kier molecular flexibility index (Phi) is 6.29. The Morgan fingerprint density at radius 1 is 0.967 bits per heavy atom. The number of ether oxygens (including phenoxy) is 1. The number of benzene rings is 3. The van der Waals surface area contributed by atoms with E-state index in [1.54, 1.807) is 36.4 Å². The van der Waals surface area contributed by atoms with Crippen LogP contribution in [0.5, 0.6) is 5.75 Å². The van der Waals surface area contributed by atoms with E-state index >= 15 is 0 Å². The molecule has 0 fully saturated rings. The van der Waals surface area contributed by atoms with Crippen molar-refractivity contribution in [1.29, 1.82) is 5.26 Å². The van der Waals surface area contributed by atoms with Crippen LogP contribution >= 0.6 is 0 Å². The highest BCUT2D eigenvalue weighted by molar-refractivity contribution is 7.92. The molecule has 0 spiro atoms. The second kappa shape index (κ2) is 9.07. The molecule has 2 N–H and O–H groups in total. The van der Waals surface area contributed by atoms with Crippen LogP contribution in [0.3, 0.4) is 0 Å². The summed E-state index contributed by atoms with van der Waals surface area (Å²) in [5.41, 5.74) is 0.847. The van der Waals surface area contributed by atoms with Gasteiger partial charge in [-0.3, -0.25) is 9.52 Å². The monoisotopic (exact) mass is 425 g/mol. The highest BCUT2D eigenvalue weighted by atomic mass is 32.2. The van der Waals surface area contributed by atoms with Crippen molar-refractivity contribution in [2.45, 2.75) is 4.90 Å². The van der Waals surface area contributed by atoms with Crippen molar-refractivity contribution in [2.24, 2.45) is 0 Å². The average Bonchev–Trinajstić information content (AvgIpc) is 2.74. The smallest absolute Gasteiger partial charge is 0.262 e.